The topological polar surface area (TPSA) is 66.6 Å². The maximum atomic E-state index is 10.9. The molecule has 0 aliphatic carbocycles. The van der Waals surface area contributed by atoms with Crippen LogP contribution in [0.2, 0.25) is 0 Å². The average Bonchev–Trinajstić information content (AvgIpc) is 2.36. The van der Waals surface area contributed by atoms with Crippen LogP contribution in [0.1, 0.15) is 44.2 Å². The number of hydrogen-bond donors (Lipinski definition) is 2. The van der Waals surface area contributed by atoms with Crippen molar-refractivity contribution in [2.75, 3.05) is 6.54 Å². The maximum Gasteiger partial charge on any atom is 0.338 e. The Labute approximate surface area is 115 Å². The van der Waals surface area contributed by atoms with Crippen LogP contribution in [0.5, 0.6) is 0 Å². The van der Waals surface area contributed by atoms with Crippen LogP contribution in [0.4, 0.5) is 4.79 Å². The first-order valence-electron chi connectivity index (χ1n) is 6.78. The van der Waals surface area contributed by atoms with E-state index < -0.39 is 6.03 Å². The van der Waals surface area contributed by atoms with Gasteiger partial charge < -0.3 is 5.73 Å². The molecule has 0 saturated heterocycles. The van der Waals surface area contributed by atoms with Crippen LogP contribution < -0.4 is 5.73 Å². The van der Waals surface area contributed by atoms with E-state index >= 15 is 0 Å². The van der Waals surface area contributed by atoms with E-state index in [0.29, 0.717) is 11.0 Å². The molecule has 0 aliphatic rings. The second-order valence-corrected chi connectivity index (χ2v) is 5.37. The minimum atomic E-state index is -0.810. The second-order valence-electron chi connectivity index (χ2n) is 5.37. The van der Waals surface area contributed by atoms with E-state index in [-0.39, 0.29) is 12.5 Å². The Morgan fingerprint density at radius 2 is 1.89 bits per heavy atom. The molecule has 1 atom stereocenters. The lowest BCUT2D eigenvalue weighted by molar-refractivity contribution is -0.0441. The predicted octanol–water partition coefficient (Wildman–Crippen LogP) is 3.15. The fourth-order valence-corrected chi connectivity index (χ4v) is 2.17. The van der Waals surface area contributed by atoms with Crippen LogP contribution in [-0.4, -0.2) is 22.8 Å². The SMILES string of the molecule is CCC(CN(O)C(N)=O)c1ccc(CC(C)C)cc1. The van der Waals surface area contributed by atoms with Crippen molar-refractivity contribution in [1.82, 2.24) is 5.06 Å². The highest BCUT2D eigenvalue weighted by Crippen LogP contribution is 2.21. The molecule has 1 aromatic carbocycles. The predicted molar refractivity (Wildman–Crippen MR) is 76.1 cm³/mol. The van der Waals surface area contributed by atoms with Gasteiger partial charge in [-0.15, -0.1) is 0 Å². The van der Waals surface area contributed by atoms with Crippen molar-refractivity contribution in [3.63, 3.8) is 0 Å². The quantitative estimate of drug-likeness (QED) is 0.612. The first-order chi connectivity index (χ1) is 8.93. The smallest absolute Gasteiger partial charge is 0.338 e. The van der Waals surface area contributed by atoms with E-state index in [1.807, 2.05) is 6.92 Å². The summed E-state index contributed by atoms with van der Waals surface area (Å²) in [4.78, 5) is 10.9. The Morgan fingerprint density at radius 3 is 2.32 bits per heavy atom. The molecule has 1 aromatic rings. The summed E-state index contributed by atoms with van der Waals surface area (Å²) in [7, 11) is 0. The molecule has 0 spiro atoms. The fourth-order valence-electron chi connectivity index (χ4n) is 2.17. The average molecular weight is 264 g/mol. The molecule has 0 radical (unpaired) electrons. The third-order valence-corrected chi connectivity index (χ3v) is 3.24. The summed E-state index contributed by atoms with van der Waals surface area (Å²) in [5.74, 6) is 0.737. The van der Waals surface area contributed by atoms with Crippen LogP contribution in [0.3, 0.4) is 0 Å². The number of nitrogens with two attached hydrogens (primary N) is 1. The number of carbonyl (C=O) groups is 1. The molecule has 0 fully saturated rings. The molecule has 106 valence electrons. The Morgan fingerprint density at radius 1 is 1.32 bits per heavy atom. The van der Waals surface area contributed by atoms with E-state index in [9.17, 15) is 10.0 Å². The van der Waals surface area contributed by atoms with Gasteiger partial charge in [0.2, 0.25) is 0 Å². The zero-order valence-corrected chi connectivity index (χ0v) is 12.0. The standard InChI is InChI=1S/C15H24N2O2/c1-4-13(10-17(19)15(16)18)14-7-5-12(6-8-14)9-11(2)3/h5-8,11,13,19H,4,9-10H2,1-3H3,(H2,16,18). The lowest BCUT2D eigenvalue weighted by Gasteiger charge is -2.20. The number of benzene rings is 1. The van der Waals surface area contributed by atoms with Crippen LogP contribution >= 0.6 is 0 Å². The Hall–Kier alpha value is -1.55. The molecule has 0 heterocycles. The maximum absolute atomic E-state index is 10.9. The van der Waals surface area contributed by atoms with E-state index in [1.54, 1.807) is 0 Å². The Kier molecular flexibility index (Phi) is 5.83. The molecule has 0 saturated carbocycles. The number of hydrogen-bond acceptors (Lipinski definition) is 2. The summed E-state index contributed by atoms with van der Waals surface area (Å²) in [6.07, 6.45) is 1.90. The van der Waals surface area contributed by atoms with Crippen LogP contribution in [0.25, 0.3) is 0 Å². The molecule has 0 aromatic heterocycles. The highest BCUT2D eigenvalue weighted by Gasteiger charge is 2.15. The second kappa shape index (κ2) is 7.14. The molecule has 19 heavy (non-hydrogen) atoms. The summed E-state index contributed by atoms with van der Waals surface area (Å²) in [6.45, 7) is 6.65. The monoisotopic (exact) mass is 264 g/mol. The first-order valence-corrected chi connectivity index (χ1v) is 6.78. The first kappa shape index (κ1) is 15.5. The summed E-state index contributed by atoms with van der Waals surface area (Å²) in [5.41, 5.74) is 7.46. The Balaban J connectivity index is 2.73. The minimum absolute atomic E-state index is 0.102. The number of hydroxylamine groups is 2. The van der Waals surface area contributed by atoms with Gasteiger partial charge in [-0.25, -0.2) is 9.86 Å². The zero-order chi connectivity index (χ0) is 14.4. The molecule has 0 aliphatic heterocycles. The third-order valence-electron chi connectivity index (χ3n) is 3.24. The number of urea groups is 1. The molecule has 3 N–H and O–H groups in total. The van der Waals surface area contributed by atoms with Crippen molar-refractivity contribution < 1.29 is 10.0 Å². The van der Waals surface area contributed by atoms with Crippen LogP contribution in [-0.2, 0) is 6.42 Å². The van der Waals surface area contributed by atoms with Gasteiger partial charge in [0.15, 0.2) is 0 Å². The summed E-state index contributed by atoms with van der Waals surface area (Å²) < 4.78 is 0. The highest BCUT2D eigenvalue weighted by molar-refractivity contribution is 5.70. The minimum Gasteiger partial charge on any atom is -0.350 e. The van der Waals surface area contributed by atoms with Gasteiger partial charge in [-0.05, 0) is 29.9 Å². The lowest BCUT2D eigenvalue weighted by Crippen LogP contribution is -2.35. The molecular formula is C15H24N2O2. The van der Waals surface area contributed by atoms with Crippen molar-refractivity contribution in [2.24, 2.45) is 11.7 Å². The van der Waals surface area contributed by atoms with Crippen molar-refractivity contribution in [3.8, 4) is 0 Å². The molecular weight excluding hydrogens is 240 g/mol. The third kappa shape index (κ3) is 4.91. The molecule has 1 unspecified atom stereocenters. The molecule has 4 heteroatoms. The number of primary amides is 1. The van der Waals surface area contributed by atoms with Gasteiger partial charge in [0, 0.05) is 5.92 Å². The van der Waals surface area contributed by atoms with E-state index in [2.05, 4.69) is 38.1 Å². The molecule has 4 nitrogen and oxygen atoms in total. The van der Waals surface area contributed by atoms with Crippen LogP contribution in [0, 0.1) is 5.92 Å². The van der Waals surface area contributed by atoms with Gasteiger partial charge >= 0.3 is 6.03 Å². The van der Waals surface area contributed by atoms with E-state index in [1.165, 1.54) is 5.56 Å². The number of carbonyl (C=O) groups excluding carboxylic acids is 1. The van der Waals surface area contributed by atoms with Crippen molar-refractivity contribution in [1.29, 1.82) is 0 Å². The van der Waals surface area contributed by atoms with Gasteiger partial charge in [-0.1, -0.05) is 45.0 Å². The van der Waals surface area contributed by atoms with Gasteiger partial charge in [0.1, 0.15) is 0 Å². The van der Waals surface area contributed by atoms with E-state index in [4.69, 9.17) is 5.73 Å². The van der Waals surface area contributed by atoms with Crippen molar-refractivity contribution >= 4 is 6.03 Å². The normalized spacial score (nSPS) is 12.5. The summed E-state index contributed by atoms with van der Waals surface area (Å²) >= 11 is 0. The highest BCUT2D eigenvalue weighted by atomic mass is 16.5. The van der Waals surface area contributed by atoms with Gasteiger partial charge in [-0.2, -0.15) is 0 Å². The number of rotatable bonds is 6. The Bertz CT molecular complexity index is 401. The van der Waals surface area contributed by atoms with Gasteiger partial charge in [0.25, 0.3) is 0 Å². The zero-order valence-electron chi connectivity index (χ0n) is 12.0. The number of nitrogens with zero attached hydrogens (tertiary/aromatic N) is 1. The molecule has 1 rings (SSSR count). The lowest BCUT2D eigenvalue weighted by atomic mass is 9.94. The largest absolute Gasteiger partial charge is 0.350 e. The van der Waals surface area contributed by atoms with Crippen molar-refractivity contribution in [3.05, 3.63) is 35.4 Å². The summed E-state index contributed by atoms with van der Waals surface area (Å²) in [6, 6.07) is 7.56. The van der Waals surface area contributed by atoms with E-state index in [0.717, 1.165) is 18.4 Å². The van der Waals surface area contributed by atoms with Gasteiger partial charge in [0.05, 0.1) is 6.54 Å². The van der Waals surface area contributed by atoms with Crippen molar-refractivity contribution in [2.45, 2.75) is 39.5 Å². The molecule has 0 bridgehead atoms. The number of amides is 2. The molecule has 2 amide bonds. The van der Waals surface area contributed by atoms with Crippen LogP contribution in [0.15, 0.2) is 24.3 Å². The van der Waals surface area contributed by atoms with Gasteiger partial charge in [-0.3, -0.25) is 5.21 Å². The fraction of sp³-hybridized carbons (Fsp3) is 0.533. The summed E-state index contributed by atoms with van der Waals surface area (Å²) in [5, 5.41) is 10.0.